The molecule has 1 fully saturated rings. The molecule has 1 aliphatic carbocycles. The van der Waals surface area contributed by atoms with Crippen LogP contribution in [-0.4, -0.2) is 40.3 Å². The van der Waals surface area contributed by atoms with Gasteiger partial charge in [0.05, 0.1) is 10.6 Å². The summed E-state index contributed by atoms with van der Waals surface area (Å²) in [5.74, 6) is 0.909. The largest absolute Gasteiger partial charge is 0.349 e. The number of pyridine rings is 1. The Morgan fingerprint density at radius 3 is 3.19 bits per heavy atom. The number of thioether (sulfide) groups is 1. The average molecular weight is 372 g/mol. The molecular formula is C19H25N5OS. The molecule has 1 aliphatic heterocycles. The Labute approximate surface area is 157 Å². The van der Waals surface area contributed by atoms with Crippen LogP contribution in [0.5, 0.6) is 0 Å². The van der Waals surface area contributed by atoms with Crippen molar-refractivity contribution in [3.63, 3.8) is 0 Å². The summed E-state index contributed by atoms with van der Waals surface area (Å²) in [5, 5.41) is 4.30. The lowest BCUT2D eigenvalue weighted by atomic mass is 9.91. The maximum atomic E-state index is 12.7. The van der Waals surface area contributed by atoms with Crippen molar-refractivity contribution in [2.75, 3.05) is 17.2 Å². The third-order valence-electron chi connectivity index (χ3n) is 5.19. The summed E-state index contributed by atoms with van der Waals surface area (Å²) in [6, 6.07) is 2.42. The summed E-state index contributed by atoms with van der Waals surface area (Å²) in [5.41, 5.74) is 9.19. The minimum absolute atomic E-state index is 0.0230. The number of aryl methyl sites for hydroxylation is 1. The molecule has 0 radical (unpaired) electrons. The fourth-order valence-corrected chi connectivity index (χ4v) is 4.76. The van der Waals surface area contributed by atoms with Gasteiger partial charge in [-0.3, -0.25) is 4.79 Å². The van der Waals surface area contributed by atoms with E-state index in [4.69, 9.17) is 5.73 Å². The van der Waals surface area contributed by atoms with Crippen LogP contribution in [0.2, 0.25) is 0 Å². The molecule has 2 unspecified atom stereocenters. The fourth-order valence-electron chi connectivity index (χ4n) is 3.86. The number of nitrogens with two attached hydrogens (primary N) is 1. The molecule has 3 heterocycles. The normalized spacial score (nSPS) is 23.8. The quantitative estimate of drug-likeness (QED) is 0.772. The Bertz CT molecular complexity index is 846. The van der Waals surface area contributed by atoms with Crippen molar-refractivity contribution >= 4 is 34.4 Å². The van der Waals surface area contributed by atoms with Gasteiger partial charge in [-0.15, -0.1) is 11.8 Å². The molecule has 1 amide bonds. The van der Waals surface area contributed by atoms with E-state index < -0.39 is 0 Å². The summed E-state index contributed by atoms with van der Waals surface area (Å²) < 4.78 is 0. The van der Waals surface area contributed by atoms with Crippen molar-refractivity contribution < 1.29 is 4.79 Å². The maximum Gasteiger partial charge on any atom is 0.259 e. The van der Waals surface area contributed by atoms with Gasteiger partial charge in [-0.25, -0.2) is 4.98 Å². The van der Waals surface area contributed by atoms with E-state index in [0.717, 1.165) is 65.2 Å². The molecule has 4 N–H and O–H groups in total. The number of hydrogen-bond donors (Lipinski definition) is 3. The van der Waals surface area contributed by atoms with Crippen molar-refractivity contribution in [2.45, 2.75) is 44.7 Å². The lowest BCUT2D eigenvalue weighted by Gasteiger charge is -2.30. The van der Waals surface area contributed by atoms with E-state index in [2.05, 4.69) is 27.1 Å². The highest BCUT2D eigenvalue weighted by Gasteiger charge is 2.25. The number of anilines is 1. The number of amides is 1. The second-order valence-electron chi connectivity index (χ2n) is 7.16. The van der Waals surface area contributed by atoms with E-state index in [-0.39, 0.29) is 18.0 Å². The van der Waals surface area contributed by atoms with Gasteiger partial charge in [0.25, 0.3) is 5.91 Å². The van der Waals surface area contributed by atoms with Gasteiger partial charge in [-0.2, -0.15) is 0 Å². The summed E-state index contributed by atoms with van der Waals surface area (Å²) in [7, 11) is 0. The van der Waals surface area contributed by atoms with Crippen LogP contribution in [0.4, 0.5) is 5.69 Å². The zero-order valence-electron chi connectivity index (χ0n) is 15.0. The number of carbonyl (C=O) groups is 1. The number of aromatic amines is 1. The van der Waals surface area contributed by atoms with Crippen LogP contribution in [0.15, 0.2) is 29.6 Å². The second-order valence-corrected chi connectivity index (χ2v) is 8.29. The van der Waals surface area contributed by atoms with Crippen LogP contribution in [0.3, 0.4) is 0 Å². The number of nitrogens with one attached hydrogen (secondary N) is 2. The molecule has 0 saturated heterocycles. The molecule has 0 spiro atoms. The molecule has 0 bridgehead atoms. The Morgan fingerprint density at radius 1 is 1.46 bits per heavy atom. The SMILES string of the molecule is Cc1c[nH]c2nccc(N3C=C(C(=O)NC4CCCC(N)C4)SCC3)c12. The van der Waals surface area contributed by atoms with E-state index in [0.29, 0.717) is 0 Å². The molecule has 2 atom stereocenters. The lowest BCUT2D eigenvalue weighted by molar-refractivity contribution is -0.117. The van der Waals surface area contributed by atoms with Crippen molar-refractivity contribution in [3.05, 3.63) is 35.1 Å². The van der Waals surface area contributed by atoms with Gasteiger partial charge >= 0.3 is 0 Å². The van der Waals surface area contributed by atoms with Gasteiger partial charge in [0, 0.05) is 48.4 Å². The number of aromatic nitrogens is 2. The van der Waals surface area contributed by atoms with Crippen molar-refractivity contribution in [3.8, 4) is 0 Å². The first kappa shape index (κ1) is 17.4. The van der Waals surface area contributed by atoms with E-state index in [1.165, 1.54) is 0 Å². The Balaban J connectivity index is 1.55. The molecule has 26 heavy (non-hydrogen) atoms. The number of H-pyrrole nitrogens is 1. The highest BCUT2D eigenvalue weighted by Crippen LogP contribution is 2.32. The average Bonchev–Trinajstić information content (AvgIpc) is 3.03. The van der Waals surface area contributed by atoms with Crippen LogP contribution in [0.1, 0.15) is 31.2 Å². The molecular weight excluding hydrogens is 346 g/mol. The Kier molecular flexibility index (Phi) is 4.91. The highest BCUT2D eigenvalue weighted by molar-refractivity contribution is 8.04. The summed E-state index contributed by atoms with van der Waals surface area (Å²) in [6.07, 6.45) is 9.82. The summed E-state index contributed by atoms with van der Waals surface area (Å²) in [4.78, 5) is 23.3. The zero-order valence-corrected chi connectivity index (χ0v) is 15.8. The Hall–Kier alpha value is -1.99. The predicted octanol–water partition coefficient (Wildman–Crippen LogP) is 2.65. The first-order valence-electron chi connectivity index (χ1n) is 9.22. The molecule has 2 aromatic heterocycles. The number of hydrogen-bond acceptors (Lipinski definition) is 5. The fraction of sp³-hybridized carbons (Fsp3) is 0.474. The van der Waals surface area contributed by atoms with Crippen molar-refractivity contribution in [1.82, 2.24) is 15.3 Å². The maximum absolute atomic E-state index is 12.7. The zero-order chi connectivity index (χ0) is 18.1. The van der Waals surface area contributed by atoms with Gasteiger partial charge in [0.15, 0.2) is 0 Å². The smallest absolute Gasteiger partial charge is 0.259 e. The molecule has 138 valence electrons. The van der Waals surface area contributed by atoms with Crippen LogP contribution in [0, 0.1) is 6.92 Å². The van der Waals surface area contributed by atoms with Gasteiger partial charge in [0.2, 0.25) is 0 Å². The number of fused-ring (bicyclic) bond motifs is 1. The molecule has 6 nitrogen and oxygen atoms in total. The predicted molar refractivity (Wildman–Crippen MR) is 107 cm³/mol. The number of carbonyl (C=O) groups excluding carboxylic acids is 1. The molecule has 7 heteroatoms. The molecule has 2 aromatic rings. The van der Waals surface area contributed by atoms with Gasteiger partial charge in [-0.05, 0) is 44.2 Å². The molecule has 0 aromatic carbocycles. The third-order valence-corrected chi connectivity index (χ3v) is 6.18. The summed E-state index contributed by atoms with van der Waals surface area (Å²) >= 11 is 1.62. The number of rotatable bonds is 3. The first-order chi connectivity index (χ1) is 12.6. The van der Waals surface area contributed by atoms with Crippen LogP contribution < -0.4 is 16.0 Å². The van der Waals surface area contributed by atoms with Gasteiger partial charge in [0.1, 0.15) is 5.65 Å². The van der Waals surface area contributed by atoms with Crippen LogP contribution >= 0.6 is 11.8 Å². The number of nitrogens with zero attached hydrogens (tertiary/aromatic N) is 2. The molecule has 2 aliphatic rings. The second kappa shape index (κ2) is 7.32. The van der Waals surface area contributed by atoms with Gasteiger partial charge in [-0.1, -0.05) is 0 Å². The topological polar surface area (TPSA) is 87.0 Å². The van der Waals surface area contributed by atoms with Crippen LogP contribution in [0.25, 0.3) is 11.0 Å². The minimum atomic E-state index is 0.0230. The Morgan fingerprint density at radius 2 is 2.35 bits per heavy atom. The highest BCUT2D eigenvalue weighted by atomic mass is 32.2. The molecule has 4 rings (SSSR count). The van der Waals surface area contributed by atoms with Crippen molar-refractivity contribution in [1.29, 1.82) is 0 Å². The lowest BCUT2D eigenvalue weighted by Crippen LogP contribution is -2.43. The van der Waals surface area contributed by atoms with E-state index in [9.17, 15) is 4.79 Å². The monoisotopic (exact) mass is 371 g/mol. The van der Waals surface area contributed by atoms with Crippen molar-refractivity contribution in [2.24, 2.45) is 5.73 Å². The standard InChI is InChI=1S/C19H25N5OS/c1-12-10-22-18-17(12)15(5-6-21-18)24-7-8-26-16(11-24)19(25)23-14-4-2-3-13(20)9-14/h5-6,10-11,13-14H,2-4,7-9,20H2,1H3,(H,21,22)(H,23,25). The third kappa shape index (κ3) is 3.46. The van der Waals surface area contributed by atoms with Crippen LogP contribution in [-0.2, 0) is 4.79 Å². The summed E-state index contributed by atoms with van der Waals surface area (Å²) in [6.45, 7) is 2.95. The van der Waals surface area contributed by atoms with E-state index in [1.807, 2.05) is 24.7 Å². The minimum Gasteiger partial charge on any atom is -0.349 e. The first-order valence-corrected chi connectivity index (χ1v) is 10.2. The van der Waals surface area contributed by atoms with E-state index in [1.54, 1.807) is 11.8 Å². The van der Waals surface area contributed by atoms with Gasteiger partial charge < -0.3 is 20.9 Å². The van der Waals surface area contributed by atoms with E-state index >= 15 is 0 Å². The molecule has 1 saturated carbocycles.